The van der Waals surface area contributed by atoms with Crippen molar-refractivity contribution < 1.29 is 9.72 Å². The van der Waals surface area contributed by atoms with Crippen molar-refractivity contribution in [1.82, 2.24) is 10.2 Å². The van der Waals surface area contributed by atoms with Gasteiger partial charge in [0.05, 0.1) is 4.92 Å². The van der Waals surface area contributed by atoms with Crippen LogP contribution < -0.4 is 5.32 Å². The Balaban J connectivity index is 0.00000288. The number of amides is 1. The molecule has 24 heavy (non-hydrogen) atoms. The van der Waals surface area contributed by atoms with Crippen LogP contribution in [0.25, 0.3) is 0 Å². The summed E-state index contributed by atoms with van der Waals surface area (Å²) in [7, 11) is 0. The van der Waals surface area contributed by atoms with Crippen molar-refractivity contribution in [3.63, 3.8) is 0 Å². The van der Waals surface area contributed by atoms with Gasteiger partial charge in [-0.2, -0.15) is 0 Å². The number of aryl methyl sites for hydroxylation is 1. The quantitative estimate of drug-likeness (QED) is 0.602. The molecule has 0 spiro atoms. The summed E-state index contributed by atoms with van der Waals surface area (Å²) in [5.41, 5.74) is 0.924. The van der Waals surface area contributed by atoms with Crippen LogP contribution >= 0.6 is 12.4 Å². The summed E-state index contributed by atoms with van der Waals surface area (Å²) in [5, 5.41) is 14.1. The van der Waals surface area contributed by atoms with E-state index in [1.807, 2.05) is 11.0 Å². The molecule has 0 aliphatic carbocycles. The molecule has 0 bridgehead atoms. The molecule has 2 rings (SSSR count). The predicted octanol–water partition coefficient (Wildman–Crippen LogP) is 2.94. The largest absolute Gasteiger partial charge is 0.340 e. The highest BCUT2D eigenvalue weighted by molar-refractivity contribution is 5.85. The first kappa shape index (κ1) is 20.4. The summed E-state index contributed by atoms with van der Waals surface area (Å²) in [6.07, 6.45) is 3.91. The van der Waals surface area contributed by atoms with Gasteiger partial charge >= 0.3 is 0 Å². The van der Waals surface area contributed by atoms with E-state index in [1.165, 1.54) is 6.07 Å². The Morgan fingerprint density at radius 2 is 2.08 bits per heavy atom. The zero-order valence-electron chi connectivity index (χ0n) is 14.1. The van der Waals surface area contributed by atoms with Crippen LogP contribution in [-0.2, 0) is 11.2 Å². The van der Waals surface area contributed by atoms with E-state index in [4.69, 9.17) is 0 Å². The van der Waals surface area contributed by atoms with Crippen LogP contribution in [0.2, 0.25) is 0 Å². The zero-order chi connectivity index (χ0) is 16.7. The molecule has 1 aromatic carbocycles. The lowest BCUT2D eigenvalue weighted by molar-refractivity contribution is -0.384. The van der Waals surface area contributed by atoms with Crippen LogP contribution in [-0.4, -0.2) is 41.4 Å². The number of benzene rings is 1. The zero-order valence-corrected chi connectivity index (χ0v) is 14.9. The summed E-state index contributed by atoms with van der Waals surface area (Å²) < 4.78 is 0. The lowest BCUT2D eigenvalue weighted by Gasteiger charge is -2.34. The number of nitrogens with zero attached hydrogens (tertiary/aromatic N) is 2. The maximum absolute atomic E-state index is 12.6. The lowest BCUT2D eigenvalue weighted by Crippen LogP contribution is -2.46. The van der Waals surface area contributed by atoms with Gasteiger partial charge in [-0.3, -0.25) is 14.9 Å². The van der Waals surface area contributed by atoms with Crippen molar-refractivity contribution in [2.75, 3.05) is 19.6 Å². The van der Waals surface area contributed by atoms with Crippen molar-refractivity contribution in [3.8, 4) is 0 Å². The van der Waals surface area contributed by atoms with Crippen molar-refractivity contribution in [2.45, 2.75) is 45.1 Å². The smallest absolute Gasteiger partial charge is 0.269 e. The van der Waals surface area contributed by atoms with Gasteiger partial charge in [0, 0.05) is 31.1 Å². The molecule has 1 aromatic rings. The van der Waals surface area contributed by atoms with Gasteiger partial charge in [-0.05, 0) is 44.3 Å². The second kappa shape index (κ2) is 10.3. The molecule has 6 nitrogen and oxygen atoms in total. The van der Waals surface area contributed by atoms with E-state index in [-0.39, 0.29) is 24.0 Å². The lowest BCUT2D eigenvalue weighted by atomic mass is 10.0. The minimum atomic E-state index is -0.399. The van der Waals surface area contributed by atoms with E-state index in [1.54, 1.807) is 12.1 Å². The van der Waals surface area contributed by atoms with Crippen LogP contribution in [0.3, 0.4) is 0 Å². The molecule has 1 aliphatic heterocycles. The number of nitro benzene ring substituents is 1. The predicted molar refractivity (Wildman–Crippen MR) is 96.6 cm³/mol. The Labute approximate surface area is 149 Å². The number of non-ortho nitro benzene ring substituents is 1. The topological polar surface area (TPSA) is 75.5 Å². The Hall–Kier alpha value is -1.66. The maximum Gasteiger partial charge on any atom is 0.269 e. The normalized spacial score (nSPS) is 14.7. The van der Waals surface area contributed by atoms with Crippen LogP contribution in [0, 0.1) is 10.1 Å². The summed E-state index contributed by atoms with van der Waals surface area (Å²) >= 11 is 0. The van der Waals surface area contributed by atoms with Gasteiger partial charge < -0.3 is 10.2 Å². The number of rotatable bonds is 7. The van der Waals surface area contributed by atoms with E-state index in [0.717, 1.165) is 44.5 Å². The molecule has 0 aromatic heterocycles. The van der Waals surface area contributed by atoms with E-state index >= 15 is 0 Å². The summed E-state index contributed by atoms with van der Waals surface area (Å²) in [6.45, 7) is 4.80. The van der Waals surface area contributed by atoms with Gasteiger partial charge in [0.1, 0.15) is 0 Å². The Kier molecular flexibility index (Phi) is 8.71. The molecule has 134 valence electrons. The molecule has 0 unspecified atom stereocenters. The highest BCUT2D eigenvalue weighted by Crippen LogP contribution is 2.17. The first-order valence-electron chi connectivity index (χ1n) is 8.35. The third-order valence-electron chi connectivity index (χ3n) is 4.28. The van der Waals surface area contributed by atoms with Crippen molar-refractivity contribution >= 4 is 24.0 Å². The number of piperidine rings is 1. The summed E-state index contributed by atoms with van der Waals surface area (Å²) in [6, 6.07) is 6.88. The van der Waals surface area contributed by atoms with E-state index in [9.17, 15) is 14.9 Å². The van der Waals surface area contributed by atoms with Crippen molar-refractivity contribution in [3.05, 3.63) is 39.9 Å². The molecule has 7 heteroatoms. The SMILES string of the molecule is CCCN(C(=O)CCc1cccc([N+](=O)[O-])c1)C1CCNCC1.Cl. The molecule has 1 saturated heterocycles. The molecular formula is C17H26ClN3O3. The molecule has 1 heterocycles. The molecular weight excluding hydrogens is 330 g/mol. The van der Waals surface area contributed by atoms with E-state index in [0.29, 0.717) is 18.9 Å². The molecule has 1 N–H and O–H groups in total. The van der Waals surface area contributed by atoms with Crippen molar-refractivity contribution in [2.24, 2.45) is 0 Å². The first-order valence-corrected chi connectivity index (χ1v) is 8.35. The third kappa shape index (κ3) is 5.76. The van der Waals surface area contributed by atoms with Crippen molar-refractivity contribution in [1.29, 1.82) is 0 Å². The fraction of sp³-hybridized carbons (Fsp3) is 0.588. The first-order chi connectivity index (χ1) is 11.1. The average Bonchev–Trinajstić information content (AvgIpc) is 2.58. The molecule has 1 amide bonds. The number of hydrogen-bond acceptors (Lipinski definition) is 4. The van der Waals surface area contributed by atoms with Gasteiger partial charge in [-0.15, -0.1) is 12.4 Å². The minimum Gasteiger partial charge on any atom is -0.340 e. The Morgan fingerprint density at radius 3 is 2.71 bits per heavy atom. The highest BCUT2D eigenvalue weighted by atomic mass is 35.5. The monoisotopic (exact) mass is 355 g/mol. The van der Waals surface area contributed by atoms with Gasteiger partial charge in [-0.1, -0.05) is 19.1 Å². The number of hydrogen-bond donors (Lipinski definition) is 1. The number of nitrogens with one attached hydrogen (secondary N) is 1. The molecule has 0 radical (unpaired) electrons. The number of carbonyl (C=O) groups is 1. The average molecular weight is 356 g/mol. The van der Waals surface area contributed by atoms with Gasteiger partial charge in [0.25, 0.3) is 5.69 Å². The van der Waals surface area contributed by atoms with Crippen LogP contribution in [0.4, 0.5) is 5.69 Å². The summed E-state index contributed by atoms with van der Waals surface area (Å²) in [5.74, 6) is 0.158. The molecule has 1 aliphatic rings. The minimum absolute atomic E-state index is 0. The summed E-state index contributed by atoms with van der Waals surface area (Å²) in [4.78, 5) is 25.0. The van der Waals surface area contributed by atoms with Gasteiger partial charge in [-0.25, -0.2) is 0 Å². The molecule has 0 saturated carbocycles. The Bertz CT molecular complexity index is 548. The number of nitro groups is 1. The number of carbonyl (C=O) groups excluding carboxylic acids is 1. The number of halogens is 1. The third-order valence-corrected chi connectivity index (χ3v) is 4.28. The van der Waals surface area contributed by atoms with Gasteiger partial charge in [0.2, 0.25) is 5.91 Å². The molecule has 0 atom stereocenters. The van der Waals surface area contributed by atoms with E-state index in [2.05, 4.69) is 12.2 Å². The van der Waals surface area contributed by atoms with Crippen LogP contribution in [0.1, 0.15) is 38.2 Å². The Morgan fingerprint density at radius 1 is 1.38 bits per heavy atom. The highest BCUT2D eigenvalue weighted by Gasteiger charge is 2.24. The fourth-order valence-electron chi connectivity index (χ4n) is 3.09. The second-order valence-electron chi connectivity index (χ2n) is 6.00. The standard InChI is InChI=1S/C17H25N3O3.ClH/c1-2-12-19(15-8-10-18-11-9-15)17(21)7-6-14-4-3-5-16(13-14)20(22)23;/h3-5,13,15,18H,2,6-12H2,1H3;1H. The van der Waals surface area contributed by atoms with Crippen LogP contribution in [0.15, 0.2) is 24.3 Å². The van der Waals surface area contributed by atoms with E-state index < -0.39 is 4.92 Å². The molecule has 1 fully saturated rings. The second-order valence-corrected chi connectivity index (χ2v) is 6.00. The van der Waals surface area contributed by atoms with Crippen LogP contribution in [0.5, 0.6) is 0 Å². The van der Waals surface area contributed by atoms with Gasteiger partial charge in [0.15, 0.2) is 0 Å². The fourth-order valence-corrected chi connectivity index (χ4v) is 3.09. The maximum atomic E-state index is 12.6.